The van der Waals surface area contributed by atoms with Crippen molar-refractivity contribution < 1.29 is 17.9 Å². The summed E-state index contributed by atoms with van der Waals surface area (Å²) < 4.78 is 29.4. The molecule has 1 rings (SSSR count). The van der Waals surface area contributed by atoms with Gasteiger partial charge in [-0.15, -0.1) is 0 Å². The van der Waals surface area contributed by atoms with E-state index in [2.05, 4.69) is 4.72 Å². The average Bonchev–Trinajstić information content (AvgIpc) is 2.27. The van der Waals surface area contributed by atoms with Crippen LogP contribution < -0.4 is 10.5 Å². The molecule has 0 spiro atoms. The molecule has 0 bridgehead atoms. The minimum atomic E-state index is -3.32. The maximum Gasteiger partial charge on any atom is 0.323 e. The molecule has 0 fully saturated rings. The quantitative estimate of drug-likeness (QED) is 0.742. The molecule has 0 amide bonds. The van der Waals surface area contributed by atoms with Crippen LogP contribution in [-0.2, 0) is 26.0 Å². The SMILES string of the molecule is CCOC(=O)C(N)Cc1cccc(NS(C)(=O)=O)c1. The number of carbonyl (C=O) groups is 1. The van der Waals surface area contributed by atoms with Gasteiger partial charge in [0.1, 0.15) is 6.04 Å². The molecule has 0 saturated heterocycles. The second-order valence-corrected chi connectivity index (χ2v) is 5.89. The van der Waals surface area contributed by atoms with Crippen LogP contribution in [-0.4, -0.2) is 33.3 Å². The van der Waals surface area contributed by atoms with Gasteiger partial charge in [0.2, 0.25) is 10.0 Å². The predicted molar refractivity (Wildman–Crippen MR) is 73.2 cm³/mol. The summed E-state index contributed by atoms with van der Waals surface area (Å²) >= 11 is 0. The van der Waals surface area contributed by atoms with Crippen LogP contribution in [0.2, 0.25) is 0 Å². The van der Waals surface area contributed by atoms with Gasteiger partial charge in [-0.1, -0.05) is 12.1 Å². The smallest absolute Gasteiger partial charge is 0.323 e. The van der Waals surface area contributed by atoms with E-state index in [0.717, 1.165) is 11.8 Å². The number of sulfonamides is 1. The van der Waals surface area contributed by atoms with Crippen LogP contribution in [0.5, 0.6) is 0 Å². The van der Waals surface area contributed by atoms with E-state index in [-0.39, 0.29) is 13.0 Å². The van der Waals surface area contributed by atoms with Gasteiger partial charge in [0.15, 0.2) is 0 Å². The molecule has 0 heterocycles. The summed E-state index contributed by atoms with van der Waals surface area (Å²) in [7, 11) is -3.32. The Morgan fingerprint density at radius 2 is 2.16 bits per heavy atom. The Hall–Kier alpha value is -1.60. The number of esters is 1. The molecule has 106 valence electrons. The zero-order valence-corrected chi connectivity index (χ0v) is 11.7. The average molecular weight is 286 g/mol. The van der Waals surface area contributed by atoms with E-state index in [1.807, 2.05) is 0 Å². The summed E-state index contributed by atoms with van der Waals surface area (Å²) in [5.74, 6) is -0.469. The lowest BCUT2D eigenvalue weighted by atomic mass is 10.1. The Morgan fingerprint density at radius 1 is 1.47 bits per heavy atom. The molecule has 3 N–H and O–H groups in total. The second kappa shape index (κ2) is 6.53. The molecule has 7 heteroatoms. The highest BCUT2D eigenvalue weighted by atomic mass is 32.2. The largest absolute Gasteiger partial charge is 0.465 e. The van der Waals surface area contributed by atoms with Gasteiger partial charge in [-0.2, -0.15) is 0 Å². The topological polar surface area (TPSA) is 98.5 Å². The van der Waals surface area contributed by atoms with Gasteiger partial charge in [0.05, 0.1) is 12.9 Å². The van der Waals surface area contributed by atoms with E-state index in [0.29, 0.717) is 5.69 Å². The van der Waals surface area contributed by atoms with Gasteiger partial charge in [-0.05, 0) is 31.0 Å². The van der Waals surface area contributed by atoms with Gasteiger partial charge in [0, 0.05) is 5.69 Å². The van der Waals surface area contributed by atoms with Crippen molar-refractivity contribution in [2.45, 2.75) is 19.4 Å². The van der Waals surface area contributed by atoms with Crippen LogP contribution in [0.1, 0.15) is 12.5 Å². The van der Waals surface area contributed by atoms with Crippen molar-refractivity contribution in [3.05, 3.63) is 29.8 Å². The van der Waals surface area contributed by atoms with Crippen molar-refractivity contribution in [1.82, 2.24) is 0 Å². The van der Waals surface area contributed by atoms with Crippen LogP contribution in [0.3, 0.4) is 0 Å². The first-order chi connectivity index (χ1) is 8.81. The first-order valence-electron chi connectivity index (χ1n) is 5.80. The molecule has 1 aromatic carbocycles. The molecular weight excluding hydrogens is 268 g/mol. The normalized spacial score (nSPS) is 12.8. The van der Waals surface area contributed by atoms with Crippen LogP contribution >= 0.6 is 0 Å². The number of ether oxygens (including phenoxy) is 1. The Balaban J connectivity index is 2.74. The van der Waals surface area contributed by atoms with Crippen LogP contribution in [0.25, 0.3) is 0 Å². The van der Waals surface area contributed by atoms with E-state index in [1.165, 1.54) is 0 Å². The molecule has 0 aliphatic carbocycles. The van der Waals surface area contributed by atoms with Gasteiger partial charge in [-0.25, -0.2) is 8.42 Å². The highest BCUT2D eigenvalue weighted by molar-refractivity contribution is 7.92. The molecule has 6 nitrogen and oxygen atoms in total. The predicted octanol–water partition coefficient (Wildman–Crippen LogP) is 0.491. The van der Waals surface area contributed by atoms with Gasteiger partial charge in [0.25, 0.3) is 0 Å². The lowest BCUT2D eigenvalue weighted by Gasteiger charge is -2.11. The zero-order valence-electron chi connectivity index (χ0n) is 10.9. The van der Waals surface area contributed by atoms with E-state index in [9.17, 15) is 13.2 Å². The highest BCUT2D eigenvalue weighted by Gasteiger charge is 2.15. The lowest BCUT2D eigenvalue weighted by molar-refractivity contribution is -0.144. The zero-order chi connectivity index (χ0) is 14.5. The maximum absolute atomic E-state index is 11.4. The first-order valence-corrected chi connectivity index (χ1v) is 7.70. The number of carbonyl (C=O) groups excluding carboxylic acids is 1. The number of hydrogen-bond acceptors (Lipinski definition) is 5. The van der Waals surface area contributed by atoms with E-state index in [1.54, 1.807) is 31.2 Å². The Labute approximate surface area is 113 Å². The number of benzene rings is 1. The molecule has 0 aromatic heterocycles. The summed E-state index contributed by atoms with van der Waals surface area (Å²) in [4.78, 5) is 11.4. The number of nitrogens with one attached hydrogen (secondary N) is 1. The summed E-state index contributed by atoms with van der Waals surface area (Å²) in [6.45, 7) is 1.99. The second-order valence-electron chi connectivity index (χ2n) is 4.14. The van der Waals surface area contributed by atoms with Gasteiger partial charge < -0.3 is 10.5 Å². The third kappa shape index (κ3) is 5.71. The van der Waals surface area contributed by atoms with Crippen LogP contribution in [0.4, 0.5) is 5.69 Å². The standard InChI is InChI=1S/C12H18N2O4S/c1-3-18-12(15)11(13)8-9-5-4-6-10(7-9)14-19(2,16)17/h4-7,11,14H,3,8,13H2,1-2H3. The fourth-order valence-corrected chi connectivity index (χ4v) is 2.12. The van der Waals surface area contributed by atoms with Crippen molar-refractivity contribution in [3.8, 4) is 0 Å². The number of rotatable bonds is 6. The molecule has 0 aliphatic rings. The molecule has 0 radical (unpaired) electrons. The van der Waals surface area contributed by atoms with Crippen molar-refractivity contribution in [2.75, 3.05) is 17.6 Å². The van der Waals surface area contributed by atoms with Crippen molar-refractivity contribution in [2.24, 2.45) is 5.73 Å². The molecular formula is C12H18N2O4S. The van der Waals surface area contributed by atoms with Crippen molar-refractivity contribution in [3.63, 3.8) is 0 Å². The van der Waals surface area contributed by atoms with E-state index < -0.39 is 22.0 Å². The summed E-state index contributed by atoms with van der Waals surface area (Å²) in [5.41, 5.74) is 6.90. The van der Waals surface area contributed by atoms with Crippen molar-refractivity contribution in [1.29, 1.82) is 0 Å². The summed E-state index contributed by atoms with van der Waals surface area (Å²) in [6, 6.07) is 5.97. The molecule has 0 aliphatic heterocycles. The number of nitrogens with two attached hydrogens (primary N) is 1. The Kier molecular flexibility index (Phi) is 5.31. The molecule has 1 atom stereocenters. The first kappa shape index (κ1) is 15.5. The fourth-order valence-electron chi connectivity index (χ4n) is 1.56. The Bertz CT molecular complexity index is 542. The molecule has 1 aromatic rings. The van der Waals surface area contributed by atoms with Crippen molar-refractivity contribution >= 4 is 21.7 Å². The van der Waals surface area contributed by atoms with E-state index >= 15 is 0 Å². The fraction of sp³-hybridized carbons (Fsp3) is 0.417. The third-order valence-corrected chi connectivity index (χ3v) is 2.88. The summed E-state index contributed by atoms with van der Waals surface area (Å²) in [5, 5.41) is 0. The van der Waals surface area contributed by atoms with Crippen LogP contribution in [0, 0.1) is 0 Å². The van der Waals surface area contributed by atoms with Gasteiger partial charge >= 0.3 is 5.97 Å². The number of hydrogen-bond donors (Lipinski definition) is 2. The van der Waals surface area contributed by atoms with Crippen LogP contribution in [0.15, 0.2) is 24.3 Å². The minimum absolute atomic E-state index is 0.280. The minimum Gasteiger partial charge on any atom is -0.465 e. The molecule has 1 unspecified atom stereocenters. The molecule has 19 heavy (non-hydrogen) atoms. The highest BCUT2D eigenvalue weighted by Crippen LogP contribution is 2.13. The summed E-state index contributed by atoms with van der Waals surface area (Å²) in [6.07, 6.45) is 1.36. The number of anilines is 1. The van der Waals surface area contributed by atoms with E-state index in [4.69, 9.17) is 10.5 Å². The van der Waals surface area contributed by atoms with Gasteiger partial charge in [-0.3, -0.25) is 9.52 Å². The Morgan fingerprint density at radius 3 is 2.74 bits per heavy atom. The monoisotopic (exact) mass is 286 g/mol. The lowest BCUT2D eigenvalue weighted by Crippen LogP contribution is -2.34. The molecule has 0 saturated carbocycles. The third-order valence-electron chi connectivity index (χ3n) is 2.28. The maximum atomic E-state index is 11.4.